The number of para-hydroxylation sites is 2. The molecule has 0 saturated carbocycles. The van der Waals surface area contributed by atoms with Gasteiger partial charge in [-0.05, 0) is 53.1 Å². The number of carbonyl (C=O) groups is 1. The lowest BCUT2D eigenvalue weighted by Crippen LogP contribution is -2.14. The van der Waals surface area contributed by atoms with E-state index >= 15 is 0 Å². The third-order valence-electron chi connectivity index (χ3n) is 6.49. The van der Waals surface area contributed by atoms with Crippen molar-refractivity contribution >= 4 is 34.2 Å². The molecule has 9 nitrogen and oxygen atoms in total. The summed E-state index contributed by atoms with van der Waals surface area (Å²) in [6.45, 7) is 2.80. The van der Waals surface area contributed by atoms with E-state index in [0.29, 0.717) is 52.3 Å². The molecule has 198 valence electrons. The first-order valence-electron chi connectivity index (χ1n) is 12.7. The van der Waals surface area contributed by atoms with Gasteiger partial charge in [0.05, 0.1) is 40.5 Å². The van der Waals surface area contributed by atoms with E-state index in [1.807, 2.05) is 60.0 Å². The molecule has 0 saturated heterocycles. The molecule has 0 spiro atoms. The molecule has 2 heterocycles. The highest BCUT2D eigenvalue weighted by Crippen LogP contribution is 2.31. The fourth-order valence-corrected chi connectivity index (χ4v) is 4.85. The second-order valence-electron chi connectivity index (χ2n) is 9.00. The van der Waals surface area contributed by atoms with E-state index < -0.39 is 0 Å². The van der Waals surface area contributed by atoms with Crippen molar-refractivity contribution in [3.05, 3.63) is 107 Å². The maximum absolute atomic E-state index is 13.4. The van der Waals surface area contributed by atoms with Crippen LogP contribution in [0.5, 0.6) is 6.01 Å². The Labute approximate surface area is 234 Å². The maximum Gasteiger partial charge on any atom is 0.297 e. The highest BCUT2D eigenvalue weighted by Gasteiger charge is 2.20. The number of aromatic amines is 1. The largest absolute Gasteiger partial charge is 0.465 e. The molecule has 0 aliphatic heterocycles. The summed E-state index contributed by atoms with van der Waals surface area (Å²) in [5.41, 5.74) is 6.28. The van der Waals surface area contributed by atoms with Gasteiger partial charge in [0.1, 0.15) is 0 Å². The molecule has 1 amide bonds. The monoisotopic (exact) mass is 549 g/mol. The number of carbonyl (C=O) groups excluding carboxylic acids is 1. The summed E-state index contributed by atoms with van der Waals surface area (Å²) in [6.07, 6.45) is 0. The summed E-state index contributed by atoms with van der Waals surface area (Å²) in [6, 6.07) is 29.2. The van der Waals surface area contributed by atoms with Crippen molar-refractivity contribution in [3.63, 3.8) is 0 Å². The number of halogens is 1. The van der Waals surface area contributed by atoms with E-state index in [-0.39, 0.29) is 5.91 Å². The molecular formula is C30H24ClN7O2. The van der Waals surface area contributed by atoms with Crippen molar-refractivity contribution in [3.8, 4) is 28.5 Å². The predicted octanol–water partition coefficient (Wildman–Crippen LogP) is 6.24. The van der Waals surface area contributed by atoms with Crippen LogP contribution >= 0.6 is 11.6 Å². The first kappa shape index (κ1) is 25.3. The van der Waals surface area contributed by atoms with Gasteiger partial charge in [-0.3, -0.25) is 9.36 Å². The number of tetrazole rings is 1. The molecule has 0 aliphatic rings. The van der Waals surface area contributed by atoms with Gasteiger partial charge in [-0.15, -0.1) is 10.2 Å². The maximum atomic E-state index is 13.4. The zero-order valence-corrected chi connectivity index (χ0v) is 22.3. The molecule has 0 radical (unpaired) electrons. The normalized spacial score (nSPS) is 11.1. The number of anilines is 1. The second-order valence-corrected chi connectivity index (χ2v) is 9.41. The number of ether oxygens (including phenoxy) is 1. The summed E-state index contributed by atoms with van der Waals surface area (Å²) in [4.78, 5) is 18.1. The van der Waals surface area contributed by atoms with E-state index in [2.05, 4.69) is 55.2 Å². The van der Waals surface area contributed by atoms with E-state index in [4.69, 9.17) is 16.3 Å². The molecule has 0 fully saturated rings. The van der Waals surface area contributed by atoms with Gasteiger partial charge in [0.15, 0.2) is 0 Å². The summed E-state index contributed by atoms with van der Waals surface area (Å²) in [5, 5.41) is 17.9. The molecule has 0 aliphatic carbocycles. The number of imidazole rings is 1. The van der Waals surface area contributed by atoms with Crippen LogP contribution in [0, 0.1) is 0 Å². The van der Waals surface area contributed by atoms with Crippen LogP contribution in [0.15, 0.2) is 91.0 Å². The number of nitrogens with one attached hydrogen (secondary N) is 2. The van der Waals surface area contributed by atoms with Crippen LogP contribution in [0.3, 0.4) is 0 Å². The Kier molecular flexibility index (Phi) is 6.95. The number of hydrogen-bond donors (Lipinski definition) is 2. The fraction of sp³-hybridized carbons (Fsp3) is 0.100. The molecular weight excluding hydrogens is 526 g/mol. The summed E-state index contributed by atoms with van der Waals surface area (Å²) >= 11 is 6.29. The first-order chi connectivity index (χ1) is 19.6. The molecule has 4 aromatic carbocycles. The highest BCUT2D eigenvalue weighted by atomic mass is 35.5. The topological polar surface area (TPSA) is 111 Å². The molecule has 6 aromatic rings. The SMILES string of the molecule is CCOc1nc2cccc(C(=O)Nc3ccccc3Cl)c2n1Cc1ccc(-c2ccccc2-c2nn[nH]n2)cc1. The Morgan fingerprint density at radius 2 is 1.73 bits per heavy atom. The summed E-state index contributed by atoms with van der Waals surface area (Å²) in [5.74, 6) is 0.254. The van der Waals surface area contributed by atoms with Gasteiger partial charge < -0.3 is 10.1 Å². The average Bonchev–Trinajstić information content (AvgIpc) is 3.64. The summed E-state index contributed by atoms with van der Waals surface area (Å²) < 4.78 is 7.83. The van der Waals surface area contributed by atoms with E-state index in [0.717, 1.165) is 22.3 Å². The third kappa shape index (κ3) is 4.90. The number of aromatic nitrogens is 6. The number of amides is 1. The standard InChI is InChI=1S/C30H24ClN7O2/c1-2-40-30-33-26-13-7-10-23(29(39)32-25-12-6-5-11-24(25)31)27(26)38(30)18-19-14-16-20(17-15-19)21-8-3-4-9-22(21)28-34-36-37-35-28/h3-17H,2,18H2,1H3,(H,32,39)(H,34,35,36,37). The van der Waals surface area contributed by atoms with Gasteiger partial charge in [0.2, 0.25) is 5.82 Å². The minimum Gasteiger partial charge on any atom is -0.465 e. The number of hydrogen-bond acceptors (Lipinski definition) is 6. The number of nitrogens with zero attached hydrogens (tertiary/aromatic N) is 5. The van der Waals surface area contributed by atoms with Gasteiger partial charge in [0, 0.05) is 5.56 Å². The molecule has 40 heavy (non-hydrogen) atoms. The molecule has 0 atom stereocenters. The lowest BCUT2D eigenvalue weighted by Gasteiger charge is -2.13. The van der Waals surface area contributed by atoms with Crippen molar-refractivity contribution in [1.29, 1.82) is 0 Å². The number of rotatable bonds is 8. The minimum atomic E-state index is -0.281. The Bertz CT molecular complexity index is 1800. The van der Waals surface area contributed by atoms with Gasteiger partial charge in [-0.2, -0.15) is 10.2 Å². The molecule has 2 aromatic heterocycles. The smallest absolute Gasteiger partial charge is 0.297 e. The van der Waals surface area contributed by atoms with Crippen LogP contribution in [0.1, 0.15) is 22.8 Å². The second kappa shape index (κ2) is 11.0. The predicted molar refractivity (Wildman–Crippen MR) is 154 cm³/mol. The number of H-pyrrole nitrogens is 1. The van der Waals surface area contributed by atoms with Crippen LogP contribution in [-0.4, -0.2) is 42.7 Å². The van der Waals surface area contributed by atoms with E-state index in [1.54, 1.807) is 18.2 Å². The first-order valence-corrected chi connectivity index (χ1v) is 13.1. The number of fused-ring (bicyclic) bond motifs is 1. The zero-order chi connectivity index (χ0) is 27.5. The molecule has 0 unspecified atom stereocenters. The minimum absolute atomic E-state index is 0.281. The van der Waals surface area contributed by atoms with Crippen LogP contribution in [-0.2, 0) is 6.54 Å². The van der Waals surface area contributed by atoms with Crippen LogP contribution < -0.4 is 10.1 Å². The van der Waals surface area contributed by atoms with Crippen LogP contribution in [0.4, 0.5) is 5.69 Å². The van der Waals surface area contributed by atoms with Crippen molar-refractivity contribution < 1.29 is 9.53 Å². The van der Waals surface area contributed by atoms with Crippen molar-refractivity contribution in [2.24, 2.45) is 0 Å². The third-order valence-corrected chi connectivity index (χ3v) is 6.82. The Balaban J connectivity index is 1.35. The van der Waals surface area contributed by atoms with Gasteiger partial charge >= 0.3 is 0 Å². The van der Waals surface area contributed by atoms with Crippen molar-refractivity contribution in [1.82, 2.24) is 30.2 Å². The molecule has 6 rings (SSSR count). The Morgan fingerprint density at radius 1 is 0.950 bits per heavy atom. The van der Waals surface area contributed by atoms with Crippen molar-refractivity contribution in [2.45, 2.75) is 13.5 Å². The lowest BCUT2D eigenvalue weighted by molar-refractivity contribution is 0.102. The van der Waals surface area contributed by atoms with Gasteiger partial charge in [-0.25, -0.2) is 0 Å². The Hall–Kier alpha value is -5.02. The Morgan fingerprint density at radius 3 is 2.48 bits per heavy atom. The van der Waals surface area contributed by atoms with E-state index in [1.165, 1.54) is 0 Å². The van der Waals surface area contributed by atoms with E-state index in [9.17, 15) is 4.79 Å². The van der Waals surface area contributed by atoms with Gasteiger partial charge in [0.25, 0.3) is 11.9 Å². The number of benzene rings is 4. The molecule has 2 N–H and O–H groups in total. The quantitative estimate of drug-likeness (QED) is 0.233. The fourth-order valence-electron chi connectivity index (χ4n) is 4.66. The zero-order valence-electron chi connectivity index (χ0n) is 21.5. The highest BCUT2D eigenvalue weighted by molar-refractivity contribution is 6.34. The lowest BCUT2D eigenvalue weighted by atomic mass is 9.98. The van der Waals surface area contributed by atoms with Crippen LogP contribution in [0.25, 0.3) is 33.5 Å². The molecule has 10 heteroatoms. The van der Waals surface area contributed by atoms with Gasteiger partial charge in [-0.1, -0.05) is 78.3 Å². The van der Waals surface area contributed by atoms with Crippen LogP contribution in [0.2, 0.25) is 5.02 Å². The average molecular weight is 550 g/mol. The van der Waals surface area contributed by atoms with Crippen molar-refractivity contribution in [2.75, 3.05) is 11.9 Å². The summed E-state index contributed by atoms with van der Waals surface area (Å²) in [7, 11) is 0. The molecule has 0 bridgehead atoms.